The molecule has 1 amide bonds. The van der Waals surface area contributed by atoms with Crippen molar-refractivity contribution in [3.63, 3.8) is 0 Å². The molecule has 1 aromatic rings. The van der Waals surface area contributed by atoms with E-state index in [0.717, 1.165) is 18.6 Å². The molecule has 1 rings (SSSR count). The van der Waals surface area contributed by atoms with Gasteiger partial charge in [-0.15, -0.1) is 11.8 Å². The molecule has 1 unspecified atom stereocenters. The minimum atomic E-state index is -1.03. The van der Waals surface area contributed by atoms with Crippen molar-refractivity contribution in [2.24, 2.45) is 0 Å². The van der Waals surface area contributed by atoms with E-state index in [1.807, 2.05) is 6.92 Å². The first-order chi connectivity index (χ1) is 9.99. The zero-order valence-corrected chi connectivity index (χ0v) is 13.3. The Bertz CT molecular complexity index is 504. The standard InChI is InChI=1S/C15H21NO4S/c1-4-5-8-21-10(2)14(17)16-12-7-6-11(15(18)19)9-13(12)20-3/h6-7,9-10H,4-5,8H2,1-3H3,(H,16,17)(H,18,19). The summed E-state index contributed by atoms with van der Waals surface area (Å²) in [6.07, 6.45) is 2.19. The van der Waals surface area contributed by atoms with Gasteiger partial charge in [0.15, 0.2) is 0 Å². The van der Waals surface area contributed by atoms with E-state index in [0.29, 0.717) is 11.4 Å². The first-order valence-corrected chi connectivity index (χ1v) is 7.88. The predicted molar refractivity (Wildman–Crippen MR) is 85.4 cm³/mol. The lowest BCUT2D eigenvalue weighted by Crippen LogP contribution is -2.23. The van der Waals surface area contributed by atoms with Crippen LogP contribution in [0.2, 0.25) is 0 Å². The Morgan fingerprint density at radius 1 is 1.43 bits per heavy atom. The second-order valence-electron chi connectivity index (χ2n) is 4.58. The molecule has 0 heterocycles. The van der Waals surface area contributed by atoms with E-state index in [2.05, 4.69) is 12.2 Å². The molecule has 0 radical (unpaired) electrons. The fourth-order valence-electron chi connectivity index (χ4n) is 1.64. The molecule has 6 heteroatoms. The molecular formula is C15H21NO4S. The van der Waals surface area contributed by atoms with Crippen LogP contribution >= 0.6 is 11.8 Å². The Morgan fingerprint density at radius 3 is 2.71 bits per heavy atom. The minimum Gasteiger partial charge on any atom is -0.495 e. The molecule has 2 N–H and O–H groups in total. The summed E-state index contributed by atoms with van der Waals surface area (Å²) >= 11 is 1.60. The zero-order valence-electron chi connectivity index (χ0n) is 12.5. The predicted octanol–water partition coefficient (Wildman–Crippen LogP) is 3.25. The number of thioether (sulfide) groups is 1. The number of amides is 1. The van der Waals surface area contributed by atoms with Crippen LogP contribution in [-0.2, 0) is 4.79 Å². The number of nitrogens with one attached hydrogen (secondary N) is 1. The number of ether oxygens (including phenoxy) is 1. The van der Waals surface area contributed by atoms with E-state index >= 15 is 0 Å². The number of carbonyl (C=O) groups excluding carboxylic acids is 1. The number of hydrogen-bond donors (Lipinski definition) is 2. The number of methoxy groups -OCH3 is 1. The molecule has 0 aliphatic rings. The number of anilines is 1. The summed E-state index contributed by atoms with van der Waals surface area (Å²) in [4.78, 5) is 23.0. The van der Waals surface area contributed by atoms with Crippen LogP contribution in [0.15, 0.2) is 18.2 Å². The Labute approximate surface area is 129 Å². The summed E-state index contributed by atoms with van der Waals surface area (Å²) in [5.74, 6) is 0.140. The van der Waals surface area contributed by atoms with Gasteiger partial charge in [-0.3, -0.25) is 4.79 Å². The number of carboxylic acids is 1. The highest BCUT2D eigenvalue weighted by atomic mass is 32.2. The molecule has 0 aliphatic heterocycles. The van der Waals surface area contributed by atoms with E-state index < -0.39 is 5.97 Å². The van der Waals surface area contributed by atoms with E-state index in [4.69, 9.17) is 9.84 Å². The van der Waals surface area contributed by atoms with Crippen molar-refractivity contribution >= 4 is 29.3 Å². The average Bonchev–Trinajstić information content (AvgIpc) is 2.47. The first kappa shape index (κ1) is 17.4. The maximum absolute atomic E-state index is 12.1. The summed E-state index contributed by atoms with van der Waals surface area (Å²) in [7, 11) is 1.44. The lowest BCUT2D eigenvalue weighted by Gasteiger charge is -2.14. The first-order valence-electron chi connectivity index (χ1n) is 6.83. The Morgan fingerprint density at radius 2 is 2.14 bits per heavy atom. The van der Waals surface area contributed by atoms with Crippen molar-refractivity contribution in [1.82, 2.24) is 0 Å². The van der Waals surface area contributed by atoms with Crippen molar-refractivity contribution in [1.29, 1.82) is 0 Å². The fraction of sp³-hybridized carbons (Fsp3) is 0.467. The maximum Gasteiger partial charge on any atom is 0.335 e. The van der Waals surface area contributed by atoms with Crippen LogP contribution in [0.25, 0.3) is 0 Å². The maximum atomic E-state index is 12.1. The zero-order chi connectivity index (χ0) is 15.8. The van der Waals surface area contributed by atoms with Gasteiger partial charge in [0.2, 0.25) is 5.91 Å². The van der Waals surface area contributed by atoms with Crippen LogP contribution in [0.5, 0.6) is 5.75 Å². The number of aromatic carboxylic acids is 1. The van der Waals surface area contributed by atoms with Gasteiger partial charge in [-0.1, -0.05) is 13.3 Å². The van der Waals surface area contributed by atoms with Gasteiger partial charge in [-0.25, -0.2) is 4.79 Å². The third-order valence-corrected chi connectivity index (χ3v) is 4.18. The number of rotatable bonds is 8. The van der Waals surface area contributed by atoms with Crippen molar-refractivity contribution in [2.75, 3.05) is 18.2 Å². The molecule has 1 aromatic carbocycles. The van der Waals surface area contributed by atoms with Crippen LogP contribution in [0.4, 0.5) is 5.69 Å². The Balaban J connectivity index is 2.73. The molecule has 0 fully saturated rings. The van der Waals surface area contributed by atoms with Crippen LogP contribution < -0.4 is 10.1 Å². The molecule has 116 valence electrons. The van der Waals surface area contributed by atoms with Crippen LogP contribution in [0.3, 0.4) is 0 Å². The van der Waals surface area contributed by atoms with Crippen LogP contribution in [0, 0.1) is 0 Å². The van der Waals surface area contributed by atoms with Crippen LogP contribution in [-0.4, -0.2) is 35.1 Å². The van der Waals surface area contributed by atoms with E-state index in [1.165, 1.54) is 19.2 Å². The lowest BCUT2D eigenvalue weighted by molar-refractivity contribution is -0.115. The number of unbranched alkanes of at least 4 members (excludes halogenated alkanes) is 1. The number of hydrogen-bond acceptors (Lipinski definition) is 4. The Kier molecular flexibility index (Phi) is 7.08. The van der Waals surface area contributed by atoms with E-state index in [9.17, 15) is 9.59 Å². The van der Waals surface area contributed by atoms with Gasteiger partial charge in [-0.05, 0) is 37.3 Å². The molecule has 0 saturated heterocycles. The SMILES string of the molecule is CCCCSC(C)C(=O)Nc1ccc(C(=O)O)cc1OC. The second kappa shape index (κ2) is 8.56. The summed E-state index contributed by atoms with van der Waals surface area (Å²) in [5, 5.41) is 11.6. The third kappa shape index (κ3) is 5.30. The van der Waals surface area contributed by atoms with Crippen LogP contribution in [0.1, 0.15) is 37.0 Å². The highest BCUT2D eigenvalue weighted by Gasteiger charge is 2.16. The monoisotopic (exact) mass is 311 g/mol. The second-order valence-corrected chi connectivity index (χ2v) is 6.02. The van der Waals surface area contributed by atoms with Gasteiger partial charge in [0, 0.05) is 0 Å². The summed E-state index contributed by atoms with van der Waals surface area (Å²) < 4.78 is 5.13. The number of benzene rings is 1. The smallest absolute Gasteiger partial charge is 0.335 e. The van der Waals surface area contributed by atoms with Crippen molar-refractivity contribution in [3.05, 3.63) is 23.8 Å². The molecule has 21 heavy (non-hydrogen) atoms. The summed E-state index contributed by atoms with van der Waals surface area (Å²) in [6.45, 7) is 3.97. The minimum absolute atomic E-state index is 0.113. The Hall–Kier alpha value is -1.69. The number of carboxylic acid groups (broad SMARTS) is 1. The highest BCUT2D eigenvalue weighted by molar-refractivity contribution is 8.00. The van der Waals surface area contributed by atoms with Gasteiger partial charge in [0.05, 0.1) is 23.6 Å². The third-order valence-electron chi connectivity index (χ3n) is 2.94. The van der Waals surface area contributed by atoms with Crippen molar-refractivity contribution in [3.8, 4) is 5.75 Å². The molecule has 1 atom stereocenters. The van der Waals surface area contributed by atoms with Gasteiger partial charge >= 0.3 is 5.97 Å². The summed E-state index contributed by atoms with van der Waals surface area (Å²) in [5.41, 5.74) is 0.602. The average molecular weight is 311 g/mol. The lowest BCUT2D eigenvalue weighted by atomic mass is 10.2. The summed E-state index contributed by atoms with van der Waals surface area (Å²) in [6, 6.07) is 4.38. The number of carbonyl (C=O) groups is 2. The fourth-order valence-corrected chi connectivity index (χ4v) is 2.66. The largest absolute Gasteiger partial charge is 0.495 e. The van der Waals surface area contributed by atoms with Gasteiger partial charge in [-0.2, -0.15) is 0 Å². The van der Waals surface area contributed by atoms with Gasteiger partial charge in [0.1, 0.15) is 5.75 Å². The van der Waals surface area contributed by atoms with E-state index in [-0.39, 0.29) is 16.7 Å². The molecule has 0 aromatic heterocycles. The highest BCUT2D eigenvalue weighted by Crippen LogP contribution is 2.26. The van der Waals surface area contributed by atoms with Gasteiger partial charge in [0.25, 0.3) is 0 Å². The normalized spacial score (nSPS) is 11.8. The topological polar surface area (TPSA) is 75.6 Å². The quantitative estimate of drug-likeness (QED) is 0.721. The van der Waals surface area contributed by atoms with Crippen molar-refractivity contribution in [2.45, 2.75) is 31.9 Å². The molecule has 0 spiro atoms. The molecular weight excluding hydrogens is 290 g/mol. The molecule has 5 nitrogen and oxygen atoms in total. The molecule has 0 bridgehead atoms. The van der Waals surface area contributed by atoms with Gasteiger partial charge < -0.3 is 15.2 Å². The van der Waals surface area contributed by atoms with Crippen molar-refractivity contribution < 1.29 is 19.4 Å². The van der Waals surface area contributed by atoms with E-state index in [1.54, 1.807) is 17.8 Å². The molecule has 0 aliphatic carbocycles. The molecule has 0 saturated carbocycles.